The van der Waals surface area contributed by atoms with Crippen molar-refractivity contribution in [1.29, 1.82) is 0 Å². The molecule has 0 aromatic rings. The molecule has 0 saturated heterocycles. The number of hydrogen-bond donors (Lipinski definition) is 3. The summed E-state index contributed by atoms with van der Waals surface area (Å²) in [6, 6.07) is 0. The van der Waals surface area contributed by atoms with Crippen molar-refractivity contribution in [1.82, 2.24) is 16.0 Å². The zero-order chi connectivity index (χ0) is 10.2. The molecule has 0 atom stereocenters. The number of hydrogen-bond acceptors (Lipinski definition) is 3. The van der Waals surface area contributed by atoms with Crippen LogP contribution in [0.1, 0.15) is 40.5 Å². The molecule has 0 spiro atoms. The maximum Gasteiger partial charge on any atom is 0.123 e. The summed E-state index contributed by atoms with van der Waals surface area (Å²) >= 11 is 0. The Balaban J connectivity index is 4.19. The second kappa shape index (κ2) is 7.30. The first-order chi connectivity index (χ1) is 6.24. The number of nitrogens with one attached hydrogen (secondary N) is 3. The van der Waals surface area contributed by atoms with Gasteiger partial charge in [0, 0.05) is 0 Å². The molecule has 0 bridgehead atoms. The van der Waals surface area contributed by atoms with Crippen LogP contribution in [0.3, 0.4) is 0 Å². The predicted molar refractivity (Wildman–Crippen MR) is 58.7 cm³/mol. The monoisotopic (exact) mass is 187 g/mol. The minimum Gasteiger partial charge on any atom is -0.287 e. The van der Waals surface area contributed by atoms with Crippen LogP contribution in [0.25, 0.3) is 0 Å². The first-order valence-electron chi connectivity index (χ1n) is 5.49. The third-order valence-electron chi connectivity index (χ3n) is 2.06. The lowest BCUT2D eigenvalue weighted by molar-refractivity contribution is 0.191. The van der Waals surface area contributed by atoms with Crippen molar-refractivity contribution < 1.29 is 0 Å². The first kappa shape index (κ1) is 12.9. The highest BCUT2D eigenvalue weighted by Gasteiger charge is 2.24. The summed E-state index contributed by atoms with van der Waals surface area (Å²) < 4.78 is 0. The zero-order valence-corrected chi connectivity index (χ0v) is 9.54. The van der Waals surface area contributed by atoms with Gasteiger partial charge < -0.3 is 0 Å². The first-order valence-corrected chi connectivity index (χ1v) is 5.49. The fraction of sp³-hybridized carbons (Fsp3) is 1.00. The van der Waals surface area contributed by atoms with Crippen molar-refractivity contribution in [3.63, 3.8) is 0 Å². The molecule has 0 saturated carbocycles. The zero-order valence-electron chi connectivity index (χ0n) is 9.54. The van der Waals surface area contributed by atoms with E-state index in [4.69, 9.17) is 0 Å². The largest absolute Gasteiger partial charge is 0.287 e. The summed E-state index contributed by atoms with van der Waals surface area (Å²) in [7, 11) is 0. The third kappa shape index (κ3) is 4.60. The molecule has 0 heterocycles. The maximum absolute atomic E-state index is 3.48. The van der Waals surface area contributed by atoms with Gasteiger partial charge in [-0.15, -0.1) is 0 Å². The van der Waals surface area contributed by atoms with Crippen LogP contribution in [-0.2, 0) is 0 Å². The highest BCUT2D eigenvalue weighted by Crippen LogP contribution is 2.05. The maximum atomic E-state index is 3.48. The lowest BCUT2D eigenvalue weighted by Crippen LogP contribution is -2.66. The molecular formula is C10H25N3. The predicted octanol–water partition coefficient (Wildman–Crippen LogP) is 1.27. The van der Waals surface area contributed by atoms with Crippen LogP contribution in [0, 0.1) is 0 Å². The quantitative estimate of drug-likeness (QED) is 0.501. The molecule has 3 N–H and O–H groups in total. The van der Waals surface area contributed by atoms with Crippen LogP contribution < -0.4 is 16.0 Å². The van der Waals surface area contributed by atoms with Crippen molar-refractivity contribution in [3.8, 4) is 0 Å². The van der Waals surface area contributed by atoms with E-state index in [2.05, 4.69) is 43.6 Å². The van der Waals surface area contributed by atoms with Gasteiger partial charge in [-0.2, -0.15) is 0 Å². The van der Waals surface area contributed by atoms with E-state index in [9.17, 15) is 0 Å². The van der Waals surface area contributed by atoms with Gasteiger partial charge in [0.1, 0.15) is 5.79 Å². The van der Waals surface area contributed by atoms with Crippen LogP contribution in [0.15, 0.2) is 0 Å². The molecular weight excluding hydrogens is 162 g/mol. The van der Waals surface area contributed by atoms with E-state index in [1.807, 2.05) is 0 Å². The van der Waals surface area contributed by atoms with E-state index in [0.29, 0.717) is 0 Å². The van der Waals surface area contributed by atoms with Gasteiger partial charge in [-0.25, -0.2) is 0 Å². The highest BCUT2D eigenvalue weighted by molar-refractivity contribution is 4.80. The summed E-state index contributed by atoms with van der Waals surface area (Å²) in [5, 5.41) is 10.4. The second-order valence-electron chi connectivity index (χ2n) is 3.25. The minimum atomic E-state index is -0.0486. The van der Waals surface area contributed by atoms with Gasteiger partial charge in [0.2, 0.25) is 0 Å². The highest BCUT2D eigenvalue weighted by atomic mass is 15.3. The van der Waals surface area contributed by atoms with E-state index in [-0.39, 0.29) is 5.79 Å². The SMILES string of the molecule is CCCC(NCC)(NCC)NCC. The lowest BCUT2D eigenvalue weighted by Gasteiger charge is -2.36. The van der Waals surface area contributed by atoms with Crippen molar-refractivity contribution in [3.05, 3.63) is 0 Å². The summed E-state index contributed by atoms with van der Waals surface area (Å²) in [6.45, 7) is 11.6. The van der Waals surface area contributed by atoms with Crippen LogP contribution in [0.4, 0.5) is 0 Å². The molecule has 3 nitrogen and oxygen atoms in total. The van der Waals surface area contributed by atoms with Gasteiger partial charge in [0.05, 0.1) is 0 Å². The molecule has 0 aliphatic carbocycles. The Hall–Kier alpha value is -0.120. The van der Waals surface area contributed by atoms with Gasteiger partial charge in [0.25, 0.3) is 0 Å². The average Bonchev–Trinajstić information content (AvgIpc) is 2.06. The van der Waals surface area contributed by atoms with E-state index in [1.165, 1.54) is 6.42 Å². The van der Waals surface area contributed by atoms with Crippen molar-refractivity contribution in [2.75, 3.05) is 19.6 Å². The molecule has 0 amide bonds. The van der Waals surface area contributed by atoms with Gasteiger partial charge >= 0.3 is 0 Å². The molecule has 0 radical (unpaired) electrons. The molecule has 0 aromatic heterocycles. The summed E-state index contributed by atoms with van der Waals surface area (Å²) in [5.74, 6) is -0.0486. The summed E-state index contributed by atoms with van der Waals surface area (Å²) in [6.07, 6.45) is 2.29. The molecule has 0 unspecified atom stereocenters. The molecule has 0 fully saturated rings. The van der Waals surface area contributed by atoms with Gasteiger partial charge in [-0.3, -0.25) is 16.0 Å². The van der Waals surface area contributed by atoms with Crippen LogP contribution in [0.2, 0.25) is 0 Å². The number of rotatable bonds is 8. The van der Waals surface area contributed by atoms with Gasteiger partial charge in [-0.1, -0.05) is 34.1 Å². The lowest BCUT2D eigenvalue weighted by atomic mass is 10.1. The Morgan fingerprint density at radius 2 is 1.15 bits per heavy atom. The van der Waals surface area contributed by atoms with Crippen molar-refractivity contribution in [2.45, 2.75) is 46.3 Å². The van der Waals surface area contributed by atoms with E-state index in [0.717, 1.165) is 26.1 Å². The molecule has 80 valence electrons. The van der Waals surface area contributed by atoms with Gasteiger partial charge in [-0.05, 0) is 26.1 Å². The van der Waals surface area contributed by atoms with Crippen LogP contribution >= 0.6 is 0 Å². The van der Waals surface area contributed by atoms with E-state index >= 15 is 0 Å². The van der Waals surface area contributed by atoms with Gasteiger partial charge in [0.15, 0.2) is 0 Å². The standard InChI is InChI=1S/C10H25N3/c1-5-9-10(11-6-2,12-7-3)13-8-4/h11-13H,5-9H2,1-4H3. The van der Waals surface area contributed by atoms with E-state index < -0.39 is 0 Å². The van der Waals surface area contributed by atoms with Crippen LogP contribution in [0.5, 0.6) is 0 Å². The van der Waals surface area contributed by atoms with E-state index in [1.54, 1.807) is 0 Å². The Kier molecular flexibility index (Phi) is 7.23. The minimum absolute atomic E-state index is 0.0486. The Morgan fingerprint density at radius 1 is 0.769 bits per heavy atom. The molecule has 0 aromatic carbocycles. The fourth-order valence-electron chi connectivity index (χ4n) is 1.73. The van der Waals surface area contributed by atoms with Crippen LogP contribution in [-0.4, -0.2) is 25.4 Å². The second-order valence-corrected chi connectivity index (χ2v) is 3.25. The molecule has 0 aliphatic rings. The molecule has 0 rings (SSSR count). The average molecular weight is 187 g/mol. The molecule has 3 heteroatoms. The normalized spacial score (nSPS) is 12.0. The van der Waals surface area contributed by atoms with Crippen molar-refractivity contribution >= 4 is 0 Å². The Bertz CT molecular complexity index is 85.2. The van der Waals surface area contributed by atoms with Crippen molar-refractivity contribution in [2.24, 2.45) is 0 Å². The topological polar surface area (TPSA) is 36.1 Å². The molecule has 0 aliphatic heterocycles. The Labute approximate surface area is 82.7 Å². The smallest absolute Gasteiger partial charge is 0.123 e. The Morgan fingerprint density at radius 3 is 1.38 bits per heavy atom. The fourth-order valence-corrected chi connectivity index (χ4v) is 1.73. The third-order valence-corrected chi connectivity index (χ3v) is 2.06. The summed E-state index contributed by atoms with van der Waals surface area (Å²) in [5.41, 5.74) is 0. The summed E-state index contributed by atoms with van der Waals surface area (Å²) in [4.78, 5) is 0. The molecule has 13 heavy (non-hydrogen) atoms.